The fourth-order valence-electron chi connectivity index (χ4n) is 3.17. The van der Waals surface area contributed by atoms with E-state index in [1.807, 2.05) is 33.8 Å². The van der Waals surface area contributed by atoms with E-state index in [1.54, 1.807) is 47.1 Å². The Morgan fingerprint density at radius 3 is 2.25 bits per heavy atom. The van der Waals surface area contributed by atoms with Crippen molar-refractivity contribution < 1.29 is 23.8 Å². The van der Waals surface area contributed by atoms with Gasteiger partial charge in [-0.3, -0.25) is 4.79 Å². The topological polar surface area (TPSA) is 91.7 Å². The summed E-state index contributed by atoms with van der Waals surface area (Å²) in [5.41, 5.74) is 3.62. The molecular weight excluding hydrogens is 410 g/mol. The Balaban J connectivity index is 1.57. The minimum Gasteiger partial charge on any atom is -0.490 e. The zero-order chi connectivity index (χ0) is 23.1. The van der Waals surface area contributed by atoms with E-state index < -0.39 is 18.5 Å². The number of ether oxygens (including phenoxy) is 3. The molecule has 1 amide bonds. The number of nitrogens with one attached hydrogen (secondary N) is 1. The summed E-state index contributed by atoms with van der Waals surface area (Å²) in [5, 5.41) is 7.11. The Bertz CT molecular complexity index is 1090. The van der Waals surface area contributed by atoms with Crippen LogP contribution < -0.4 is 14.8 Å². The van der Waals surface area contributed by atoms with Crippen molar-refractivity contribution in [3.8, 4) is 17.2 Å². The van der Waals surface area contributed by atoms with Crippen LogP contribution in [-0.4, -0.2) is 41.5 Å². The minimum atomic E-state index is -0.582. The second kappa shape index (κ2) is 10.5. The van der Waals surface area contributed by atoms with Crippen LogP contribution in [0.2, 0.25) is 0 Å². The number of amides is 1. The van der Waals surface area contributed by atoms with Crippen LogP contribution in [0.15, 0.2) is 48.5 Å². The number of benzene rings is 2. The molecule has 0 unspecified atom stereocenters. The Labute approximate surface area is 187 Å². The van der Waals surface area contributed by atoms with Gasteiger partial charge in [0.15, 0.2) is 18.1 Å². The van der Waals surface area contributed by atoms with E-state index in [-0.39, 0.29) is 0 Å². The van der Waals surface area contributed by atoms with E-state index in [0.717, 1.165) is 17.1 Å². The maximum atomic E-state index is 12.3. The van der Waals surface area contributed by atoms with Crippen LogP contribution in [0.25, 0.3) is 5.69 Å². The van der Waals surface area contributed by atoms with Gasteiger partial charge in [-0.1, -0.05) is 0 Å². The number of carbonyl (C=O) groups excluding carboxylic acids is 2. The monoisotopic (exact) mass is 437 g/mol. The van der Waals surface area contributed by atoms with E-state index in [0.29, 0.717) is 36.0 Å². The quantitative estimate of drug-likeness (QED) is 0.507. The number of anilines is 1. The molecule has 0 spiro atoms. The molecule has 0 saturated heterocycles. The maximum Gasteiger partial charge on any atom is 0.338 e. The van der Waals surface area contributed by atoms with E-state index in [4.69, 9.17) is 14.2 Å². The highest BCUT2D eigenvalue weighted by atomic mass is 16.5. The van der Waals surface area contributed by atoms with Crippen molar-refractivity contribution in [2.45, 2.75) is 27.7 Å². The molecule has 0 aliphatic rings. The second-order valence-corrected chi connectivity index (χ2v) is 7.04. The molecule has 8 nitrogen and oxygen atoms in total. The molecule has 3 aromatic rings. The van der Waals surface area contributed by atoms with Gasteiger partial charge in [0.05, 0.1) is 30.2 Å². The lowest BCUT2D eigenvalue weighted by atomic mass is 10.2. The summed E-state index contributed by atoms with van der Waals surface area (Å²) in [4.78, 5) is 24.6. The summed E-state index contributed by atoms with van der Waals surface area (Å²) in [7, 11) is 0. The SMILES string of the molecule is CCOc1ccc(NC(=O)COC(=O)c2ccc(-n3nc(C)cc3C)cc2)cc1OCC. The van der Waals surface area contributed by atoms with Crippen molar-refractivity contribution in [3.63, 3.8) is 0 Å². The molecule has 0 aliphatic carbocycles. The highest BCUT2D eigenvalue weighted by Gasteiger charge is 2.13. The lowest BCUT2D eigenvalue weighted by Gasteiger charge is -2.13. The fraction of sp³-hybridized carbons (Fsp3) is 0.292. The molecule has 8 heteroatoms. The van der Waals surface area contributed by atoms with Gasteiger partial charge in [0.1, 0.15) is 0 Å². The molecule has 32 heavy (non-hydrogen) atoms. The van der Waals surface area contributed by atoms with Gasteiger partial charge in [0.2, 0.25) is 0 Å². The first kappa shape index (κ1) is 22.9. The second-order valence-electron chi connectivity index (χ2n) is 7.04. The first-order valence-corrected chi connectivity index (χ1v) is 10.4. The van der Waals surface area contributed by atoms with Crippen molar-refractivity contribution in [1.82, 2.24) is 9.78 Å². The summed E-state index contributed by atoms with van der Waals surface area (Å²) >= 11 is 0. The highest BCUT2D eigenvalue weighted by molar-refractivity contribution is 5.95. The average molecular weight is 437 g/mol. The Hall–Kier alpha value is -3.81. The van der Waals surface area contributed by atoms with Crippen LogP contribution in [-0.2, 0) is 9.53 Å². The zero-order valence-corrected chi connectivity index (χ0v) is 18.7. The Morgan fingerprint density at radius 1 is 0.938 bits per heavy atom. The molecule has 1 N–H and O–H groups in total. The molecule has 168 valence electrons. The van der Waals surface area contributed by atoms with E-state index in [9.17, 15) is 9.59 Å². The molecule has 0 aliphatic heterocycles. The number of aryl methyl sites for hydroxylation is 2. The van der Waals surface area contributed by atoms with Gasteiger partial charge < -0.3 is 19.5 Å². The van der Waals surface area contributed by atoms with Crippen LogP contribution in [0.1, 0.15) is 35.6 Å². The average Bonchev–Trinajstić information content (AvgIpc) is 3.12. The molecule has 0 fully saturated rings. The molecule has 3 rings (SSSR count). The van der Waals surface area contributed by atoms with E-state index in [1.165, 1.54) is 0 Å². The lowest BCUT2D eigenvalue weighted by molar-refractivity contribution is -0.119. The molecule has 0 bridgehead atoms. The molecule has 0 atom stereocenters. The molecule has 1 aromatic heterocycles. The van der Waals surface area contributed by atoms with Crippen molar-refractivity contribution in [2.75, 3.05) is 25.1 Å². The smallest absolute Gasteiger partial charge is 0.338 e. The predicted molar refractivity (Wildman–Crippen MR) is 121 cm³/mol. The van der Waals surface area contributed by atoms with Gasteiger partial charge in [0.25, 0.3) is 5.91 Å². The van der Waals surface area contributed by atoms with Crippen molar-refractivity contribution in [3.05, 3.63) is 65.5 Å². The molecule has 0 saturated carbocycles. The third-order valence-corrected chi connectivity index (χ3v) is 4.52. The Kier molecular flexibility index (Phi) is 7.49. The van der Waals surface area contributed by atoms with E-state index in [2.05, 4.69) is 10.4 Å². The standard InChI is InChI=1S/C24H27N3O5/c1-5-30-21-12-9-19(14-22(21)31-6-2)25-23(28)15-32-24(29)18-7-10-20(11-8-18)27-17(4)13-16(3)26-27/h7-14H,5-6,15H2,1-4H3,(H,25,28). The van der Waals surface area contributed by atoms with Crippen molar-refractivity contribution >= 4 is 17.6 Å². The van der Waals surface area contributed by atoms with Crippen LogP contribution in [0.5, 0.6) is 11.5 Å². The molecule has 0 radical (unpaired) electrons. The van der Waals surface area contributed by atoms with Crippen molar-refractivity contribution in [1.29, 1.82) is 0 Å². The largest absolute Gasteiger partial charge is 0.490 e. The summed E-state index contributed by atoms with van der Waals surface area (Å²) in [6, 6.07) is 13.9. The number of hydrogen-bond donors (Lipinski definition) is 1. The summed E-state index contributed by atoms with van der Waals surface area (Å²) in [6.45, 7) is 8.19. The lowest BCUT2D eigenvalue weighted by Crippen LogP contribution is -2.21. The zero-order valence-electron chi connectivity index (χ0n) is 18.7. The van der Waals surface area contributed by atoms with Gasteiger partial charge >= 0.3 is 5.97 Å². The van der Waals surface area contributed by atoms with Gasteiger partial charge in [-0.2, -0.15) is 5.10 Å². The van der Waals surface area contributed by atoms with Gasteiger partial charge in [-0.25, -0.2) is 9.48 Å². The summed E-state index contributed by atoms with van der Waals surface area (Å²) < 4.78 is 18.0. The number of hydrogen-bond acceptors (Lipinski definition) is 6. The number of esters is 1. The summed E-state index contributed by atoms with van der Waals surface area (Å²) in [6.07, 6.45) is 0. The van der Waals surface area contributed by atoms with Gasteiger partial charge in [0, 0.05) is 17.4 Å². The molecule has 1 heterocycles. The van der Waals surface area contributed by atoms with Crippen LogP contribution in [0.4, 0.5) is 5.69 Å². The van der Waals surface area contributed by atoms with Crippen LogP contribution in [0.3, 0.4) is 0 Å². The molecular formula is C24H27N3O5. The van der Waals surface area contributed by atoms with Gasteiger partial charge in [-0.05, 0) is 70.2 Å². The first-order valence-electron chi connectivity index (χ1n) is 10.4. The summed E-state index contributed by atoms with van der Waals surface area (Å²) in [5.74, 6) is 0.0977. The maximum absolute atomic E-state index is 12.3. The third-order valence-electron chi connectivity index (χ3n) is 4.52. The van der Waals surface area contributed by atoms with E-state index >= 15 is 0 Å². The van der Waals surface area contributed by atoms with Crippen LogP contribution >= 0.6 is 0 Å². The van der Waals surface area contributed by atoms with Crippen LogP contribution in [0, 0.1) is 13.8 Å². The minimum absolute atomic E-state index is 0.350. The number of aromatic nitrogens is 2. The fourth-order valence-corrected chi connectivity index (χ4v) is 3.17. The normalized spacial score (nSPS) is 10.5. The van der Waals surface area contributed by atoms with Gasteiger partial charge in [-0.15, -0.1) is 0 Å². The highest BCUT2D eigenvalue weighted by Crippen LogP contribution is 2.30. The molecule has 2 aromatic carbocycles. The predicted octanol–water partition coefficient (Wildman–Crippen LogP) is 4.08. The number of rotatable bonds is 9. The number of carbonyl (C=O) groups is 2. The third kappa shape index (κ3) is 5.66. The van der Waals surface area contributed by atoms with Crippen molar-refractivity contribution in [2.24, 2.45) is 0 Å². The Morgan fingerprint density at radius 2 is 1.62 bits per heavy atom. The number of nitrogens with zero attached hydrogens (tertiary/aromatic N) is 2. The first-order chi connectivity index (χ1) is 15.4.